The van der Waals surface area contributed by atoms with Crippen molar-refractivity contribution in [2.75, 3.05) is 11.9 Å². The molecule has 0 aliphatic carbocycles. The highest BCUT2D eigenvalue weighted by Gasteiger charge is 1.95. The van der Waals surface area contributed by atoms with Gasteiger partial charge in [0.25, 0.3) is 0 Å². The molecule has 1 N–H and O–H groups in total. The Hall–Kier alpha value is -0.500. The molecule has 0 aliphatic heterocycles. The fourth-order valence-electron chi connectivity index (χ4n) is 1.000. The standard InChI is InChI=1S/C9H12BrN/c1-2-11-9-6-4-3-5-8(9)7-10/h3-6,11H,2,7H2,1H3. The van der Waals surface area contributed by atoms with Crippen molar-refractivity contribution in [2.24, 2.45) is 0 Å². The molecule has 0 aromatic heterocycles. The largest absolute Gasteiger partial charge is 0.385 e. The third kappa shape index (κ3) is 2.22. The highest BCUT2D eigenvalue weighted by molar-refractivity contribution is 9.08. The second-order valence-corrected chi connectivity index (χ2v) is 2.88. The first kappa shape index (κ1) is 8.60. The summed E-state index contributed by atoms with van der Waals surface area (Å²) in [4.78, 5) is 0. The quantitative estimate of drug-likeness (QED) is 0.762. The van der Waals surface area contributed by atoms with E-state index in [-0.39, 0.29) is 0 Å². The van der Waals surface area contributed by atoms with Crippen molar-refractivity contribution in [1.82, 2.24) is 0 Å². The second-order valence-electron chi connectivity index (χ2n) is 2.32. The van der Waals surface area contributed by atoms with Gasteiger partial charge in [-0.2, -0.15) is 0 Å². The van der Waals surface area contributed by atoms with E-state index in [9.17, 15) is 0 Å². The Balaban J connectivity index is 2.83. The summed E-state index contributed by atoms with van der Waals surface area (Å²) in [6.45, 7) is 3.08. The Labute approximate surface area is 75.9 Å². The van der Waals surface area contributed by atoms with E-state index in [2.05, 4.69) is 46.4 Å². The molecule has 2 heteroatoms. The van der Waals surface area contributed by atoms with E-state index in [1.54, 1.807) is 0 Å². The summed E-state index contributed by atoms with van der Waals surface area (Å²) in [6.07, 6.45) is 0. The second kappa shape index (κ2) is 4.39. The molecule has 1 aromatic rings. The average Bonchev–Trinajstić information content (AvgIpc) is 2.06. The predicted molar refractivity (Wildman–Crippen MR) is 53.2 cm³/mol. The Morgan fingerprint density at radius 1 is 1.36 bits per heavy atom. The van der Waals surface area contributed by atoms with Crippen LogP contribution in [-0.4, -0.2) is 6.54 Å². The molecule has 0 aliphatic rings. The topological polar surface area (TPSA) is 12.0 Å². The molecule has 1 nitrogen and oxygen atoms in total. The van der Waals surface area contributed by atoms with Crippen molar-refractivity contribution in [3.05, 3.63) is 29.8 Å². The summed E-state index contributed by atoms with van der Waals surface area (Å²) in [7, 11) is 0. The molecule has 0 atom stereocenters. The lowest BCUT2D eigenvalue weighted by Gasteiger charge is -2.06. The highest BCUT2D eigenvalue weighted by atomic mass is 79.9. The first-order valence-electron chi connectivity index (χ1n) is 3.76. The van der Waals surface area contributed by atoms with Gasteiger partial charge in [-0.25, -0.2) is 0 Å². The fraction of sp³-hybridized carbons (Fsp3) is 0.333. The molecule has 0 fully saturated rings. The average molecular weight is 214 g/mol. The zero-order chi connectivity index (χ0) is 8.10. The first-order chi connectivity index (χ1) is 5.38. The fourth-order valence-corrected chi connectivity index (χ4v) is 1.49. The normalized spacial score (nSPS) is 9.64. The van der Waals surface area contributed by atoms with Gasteiger partial charge in [-0.05, 0) is 18.6 Å². The number of rotatable bonds is 3. The van der Waals surface area contributed by atoms with E-state index in [0.29, 0.717) is 0 Å². The summed E-state index contributed by atoms with van der Waals surface area (Å²) in [5, 5.41) is 4.21. The lowest BCUT2D eigenvalue weighted by Crippen LogP contribution is -1.98. The van der Waals surface area contributed by atoms with Crippen molar-refractivity contribution in [3.8, 4) is 0 Å². The molecule has 0 saturated heterocycles. The van der Waals surface area contributed by atoms with Gasteiger partial charge in [-0.15, -0.1) is 0 Å². The van der Waals surface area contributed by atoms with Crippen LogP contribution in [0.25, 0.3) is 0 Å². The number of para-hydroxylation sites is 1. The summed E-state index contributed by atoms with van der Waals surface area (Å²) in [6, 6.07) is 8.31. The van der Waals surface area contributed by atoms with E-state index in [0.717, 1.165) is 11.9 Å². The molecule has 0 bridgehead atoms. The third-order valence-corrected chi connectivity index (χ3v) is 2.13. The predicted octanol–water partition coefficient (Wildman–Crippen LogP) is 3.01. The Kier molecular flexibility index (Phi) is 3.43. The monoisotopic (exact) mass is 213 g/mol. The molecule has 11 heavy (non-hydrogen) atoms. The maximum absolute atomic E-state index is 3.44. The van der Waals surface area contributed by atoms with Crippen molar-refractivity contribution >= 4 is 21.6 Å². The summed E-state index contributed by atoms with van der Waals surface area (Å²) in [5.41, 5.74) is 2.54. The summed E-state index contributed by atoms with van der Waals surface area (Å²) >= 11 is 3.44. The van der Waals surface area contributed by atoms with E-state index < -0.39 is 0 Å². The summed E-state index contributed by atoms with van der Waals surface area (Å²) in [5.74, 6) is 0. The van der Waals surface area contributed by atoms with Crippen LogP contribution in [0.1, 0.15) is 12.5 Å². The van der Waals surface area contributed by atoms with E-state index in [1.807, 2.05) is 6.07 Å². The first-order valence-corrected chi connectivity index (χ1v) is 4.88. The number of benzene rings is 1. The van der Waals surface area contributed by atoms with Gasteiger partial charge < -0.3 is 5.32 Å². The number of alkyl halides is 1. The zero-order valence-corrected chi connectivity index (χ0v) is 8.19. The van der Waals surface area contributed by atoms with Gasteiger partial charge >= 0.3 is 0 Å². The molecule has 0 amide bonds. The maximum Gasteiger partial charge on any atom is 0.0381 e. The molecule has 0 radical (unpaired) electrons. The molecular weight excluding hydrogens is 202 g/mol. The number of nitrogens with one attached hydrogen (secondary N) is 1. The van der Waals surface area contributed by atoms with Crippen LogP contribution in [0.4, 0.5) is 5.69 Å². The van der Waals surface area contributed by atoms with Crippen LogP contribution in [-0.2, 0) is 5.33 Å². The lowest BCUT2D eigenvalue weighted by atomic mass is 10.2. The Bertz CT molecular complexity index is 223. The number of hydrogen-bond acceptors (Lipinski definition) is 1. The van der Waals surface area contributed by atoms with Crippen LogP contribution in [0, 0.1) is 0 Å². The van der Waals surface area contributed by atoms with Crippen LogP contribution in [0.15, 0.2) is 24.3 Å². The minimum absolute atomic E-state index is 0.913. The molecule has 60 valence electrons. The number of anilines is 1. The van der Waals surface area contributed by atoms with Gasteiger partial charge in [0.2, 0.25) is 0 Å². The van der Waals surface area contributed by atoms with Crippen molar-refractivity contribution < 1.29 is 0 Å². The molecule has 1 aromatic carbocycles. The molecular formula is C9H12BrN. The van der Waals surface area contributed by atoms with Gasteiger partial charge in [0.1, 0.15) is 0 Å². The van der Waals surface area contributed by atoms with Crippen LogP contribution in [0.2, 0.25) is 0 Å². The van der Waals surface area contributed by atoms with Crippen LogP contribution < -0.4 is 5.32 Å². The lowest BCUT2D eigenvalue weighted by molar-refractivity contribution is 1.20. The Morgan fingerprint density at radius 2 is 2.09 bits per heavy atom. The zero-order valence-electron chi connectivity index (χ0n) is 6.60. The van der Waals surface area contributed by atoms with Crippen LogP contribution in [0.3, 0.4) is 0 Å². The molecule has 0 heterocycles. The smallest absolute Gasteiger partial charge is 0.0381 e. The molecule has 1 rings (SSSR count). The molecule has 0 saturated carbocycles. The minimum atomic E-state index is 0.913. The van der Waals surface area contributed by atoms with Crippen LogP contribution in [0.5, 0.6) is 0 Å². The maximum atomic E-state index is 3.44. The van der Waals surface area contributed by atoms with Gasteiger partial charge in [0.05, 0.1) is 0 Å². The third-order valence-electron chi connectivity index (χ3n) is 1.53. The van der Waals surface area contributed by atoms with E-state index in [4.69, 9.17) is 0 Å². The SMILES string of the molecule is CCNc1ccccc1CBr. The van der Waals surface area contributed by atoms with Gasteiger partial charge in [0.15, 0.2) is 0 Å². The van der Waals surface area contributed by atoms with E-state index in [1.165, 1.54) is 11.3 Å². The minimum Gasteiger partial charge on any atom is -0.385 e. The highest BCUT2D eigenvalue weighted by Crippen LogP contribution is 2.16. The molecule has 0 unspecified atom stereocenters. The van der Waals surface area contributed by atoms with E-state index >= 15 is 0 Å². The van der Waals surface area contributed by atoms with Crippen molar-refractivity contribution in [2.45, 2.75) is 12.3 Å². The van der Waals surface area contributed by atoms with Gasteiger partial charge in [-0.1, -0.05) is 34.1 Å². The number of halogens is 1. The van der Waals surface area contributed by atoms with Gasteiger partial charge in [0, 0.05) is 17.6 Å². The number of hydrogen-bond donors (Lipinski definition) is 1. The summed E-state index contributed by atoms with van der Waals surface area (Å²) < 4.78 is 0. The van der Waals surface area contributed by atoms with Gasteiger partial charge in [-0.3, -0.25) is 0 Å². The van der Waals surface area contributed by atoms with Crippen LogP contribution >= 0.6 is 15.9 Å². The van der Waals surface area contributed by atoms with Crippen molar-refractivity contribution in [1.29, 1.82) is 0 Å². The molecule has 0 spiro atoms. The Morgan fingerprint density at radius 3 is 2.73 bits per heavy atom. The van der Waals surface area contributed by atoms with Crippen molar-refractivity contribution in [3.63, 3.8) is 0 Å².